The van der Waals surface area contributed by atoms with Gasteiger partial charge in [-0.25, -0.2) is 0 Å². The zero-order valence-electron chi connectivity index (χ0n) is 19.6. The van der Waals surface area contributed by atoms with E-state index in [9.17, 15) is 24.8 Å². The molecule has 1 amide bonds. The summed E-state index contributed by atoms with van der Waals surface area (Å²) in [6.07, 6.45) is 5.36. The van der Waals surface area contributed by atoms with E-state index in [1.165, 1.54) is 28.2 Å². The van der Waals surface area contributed by atoms with E-state index >= 15 is 0 Å². The highest BCUT2D eigenvalue weighted by Crippen LogP contribution is 2.35. The first-order chi connectivity index (χ1) is 17.2. The molecule has 1 aromatic carbocycles. The van der Waals surface area contributed by atoms with Crippen LogP contribution in [-0.4, -0.2) is 37.1 Å². The summed E-state index contributed by atoms with van der Waals surface area (Å²) >= 11 is 12.5. The number of benzene rings is 1. The second-order valence-electron chi connectivity index (χ2n) is 8.84. The first kappa shape index (κ1) is 26.1. The van der Waals surface area contributed by atoms with Crippen molar-refractivity contribution in [3.05, 3.63) is 66.8 Å². The maximum atomic E-state index is 13.2. The van der Waals surface area contributed by atoms with Gasteiger partial charge in [-0.05, 0) is 55.5 Å². The van der Waals surface area contributed by atoms with Crippen LogP contribution >= 0.6 is 35.6 Å². The highest BCUT2D eigenvalue weighted by atomic mass is 35.5. The summed E-state index contributed by atoms with van der Waals surface area (Å²) in [5, 5.41) is 21.1. The van der Waals surface area contributed by atoms with Crippen molar-refractivity contribution in [3.8, 4) is 11.9 Å². The third-order valence-electron chi connectivity index (χ3n) is 6.54. The normalized spacial score (nSPS) is 17.2. The van der Waals surface area contributed by atoms with Crippen molar-refractivity contribution in [3.63, 3.8) is 0 Å². The van der Waals surface area contributed by atoms with Gasteiger partial charge in [0.05, 0.1) is 10.5 Å². The monoisotopic (exact) mass is 541 g/mol. The second kappa shape index (κ2) is 11.0. The number of pyridine rings is 1. The van der Waals surface area contributed by atoms with Crippen LogP contribution in [0.25, 0.3) is 6.08 Å². The van der Waals surface area contributed by atoms with Crippen LogP contribution in [0, 0.1) is 18.3 Å². The Morgan fingerprint density at radius 2 is 1.94 bits per heavy atom. The predicted molar refractivity (Wildman–Crippen MR) is 144 cm³/mol. The molecule has 2 fully saturated rings. The molecule has 1 saturated heterocycles. The molecule has 1 N–H and O–H groups in total. The van der Waals surface area contributed by atoms with E-state index in [0.29, 0.717) is 33.5 Å². The van der Waals surface area contributed by atoms with E-state index in [-0.39, 0.29) is 53.3 Å². The molecule has 1 aromatic heterocycles. The van der Waals surface area contributed by atoms with Crippen LogP contribution < -0.4 is 5.56 Å². The van der Waals surface area contributed by atoms with E-state index in [2.05, 4.69) is 0 Å². The summed E-state index contributed by atoms with van der Waals surface area (Å²) in [7, 11) is 0. The van der Waals surface area contributed by atoms with Gasteiger partial charge in [0.2, 0.25) is 5.88 Å². The number of nitrogens with zero attached hydrogens (tertiary/aromatic N) is 3. The van der Waals surface area contributed by atoms with E-state index in [1.807, 2.05) is 18.2 Å². The lowest BCUT2D eigenvalue weighted by molar-refractivity contribution is -0.122. The van der Waals surface area contributed by atoms with Crippen LogP contribution in [0.5, 0.6) is 5.88 Å². The smallest absolute Gasteiger partial charge is 0.271 e. The maximum absolute atomic E-state index is 13.2. The first-order valence-corrected chi connectivity index (χ1v) is 13.3. The SMILES string of the molecule is Cc1c(C(=O)CCCN2C(=O)/C(=C/c3ccc(Cl)cc3)SC2=S)c(O)n(C2CCCC2)c(=O)c1C#N. The molecule has 2 aliphatic rings. The Morgan fingerprint density at radius 3 is 2.58 bits per heavy atom. The fraction of sp³-hybridized carbons (Fsp3) is 0.346. The Hall–Kier alpha value is -2.93. The highest BCUT2D eigenvalue weighted by Gasteiger charge is 2.32. The zero-order valence-corrected chi connectivity index (χ0v) is 22.0. The second-order valence-corrected chi connectivity index (χ2v) is 10.9. The number of Topliss-reactive ketones (excluding diaryl/α,β-unsaturated/α-hetero) is 1. The topological polar surface area (TPSA) is 103 Å². The van der Waals surface area contributed by atoms with E-state index < -0.39 is 5.56 Å². The summed E-state index contributed by atoms with van der Waals surface area (Å²) < 4.78 is 1.63. The molecule has 4 rings (SSSR count). The number of aromatic hydroxyl groups is 1. The van der Waals surface area contributed by atoms with Crippen molar-refractivity contribution in [2.45, 2.75) is 51.5 Å². The van der Waals surface area contributed by atoms with E-state index in [0.717, 1.165) is 18.4 Å². The zero-order chi connectivity index (χ0) is 26.0. The van der Waals surface area contributed by atoms with Crippen LogP contribution in [0.2, 0.25) is 5.02 Å². The van der Waals surface area contributed by atoms with Crippen molar-refractivity contribution in [1.29, 1.82) is 5.26 Å². The maximum Gasteiger partial charge on any atom is 0.271 e. The third kappa shape index (κ3) is 5.12. The number of aromatic nitrogens is 1. The Morgan fingerprint density at radius 1 is 1.28 bits per heavy atom. The van der Waals surface area contributed by atoms with Gasteiger partial charge >= 0.3 is 0 Å². The molecule has 7 nitrogen and oxygen atoms in total. The molecule has 36 heavy (non-hydrogen) atoms. The minimum atomic E-state index is -0.555. The third-order valence-corrected chi connectivity index (χ3v) is 8.17. The van der Waals surface area contributed by atoms with Crippen LogP contribution in [0.3, 0.4) is 0 Å². The van der Waals surface area contributed by atoms with Crippen molar-refractivity contribution in [1.82, 2.24) is 9.47 Å². The van der Waals surface area contributed by atoms with Gasteiger partial charge in [0, 0.05) is 24.0 Å². The number of carbonyl (C=O) groups is 2. The largest absolute Gasteiger partial charge is 0.494 e. The van der Waals surface area contributed by atoms with Gasteiger partial charge in [-0.2, -0.15) is 5.26 Å². The lowest BCUT2D eigenvalue weighted by Crippen LogP contribution is -2.30. The standard InChI is InChI=1S/C26H24ClN3O4S2/c1-15-19(14-28)23(32)30(18-5-2-3-6-18)25(34)22(15)20(31)7-4-12-29-24(33)21(36-26(29)35)13-16-8-10-17(27)11-9-16/h8-11,13,18,34H,2-7,12H2,1H3/b21-13-. The fourth-order valence-corrected chi connectivity index (χ4v) is 6.12. The van der Waals surface area contributed by atoms with Crippen molar-refractivity contribution < 1.29 is 14.7 Å². The summed E-state index contributed by atoms with van der Waals surface area (Å²) in [5.74, 6) is -0.978. The molecule has 0 atom stereocenters. The van der Waals surface area contributed by atoms with Crippen molar-refractivity contribution >= 4 is 57.7 Å². The number of carbonyl (C=O) groups excluding carboxylic acids is 2. The number of ketones is 1. The number of hydrogen-bond donors (Lipinski definition) is 1. The van der Waals surface area contributed by atoms with E-state index in [4.69, 9.17) is 23.8 Å². The number of halogens is 1. The van der Waals surface area contributed by atoms with Gasteiger partial charge in [-0.3, -0.25) is 23.9 Å². The van der Waals surface area contributed by atoms with Crippen LogP contribution in [-0.2, 0) is 4.79 Å². The van der Waals surface area contributed by atoms with Crippen LogP contribution in [0.1, 0.15) is 71.6 Å². The Labute approximate surface area is 223 Å². The van der Waals surface area contributed by atoms with Crippen molar-refractivity contribution in [2.75, 3.05) is 6.54 Å². The average Bonchev–Trinajstić information content (AvgIpc) is 3.45. The Bertz CT molecular complexity index is 1370. The lowest BCUT2D eigenvalue weighted by Gasteiger charge is -2.20. The van der Waals surface area contributed by atoms with Crippen LogP contribution in [0.15, 0.2) is 34.0 Å². The molecule has 0 radical (unpaired) electrons. The minimum absolute atomic E-state index is 0.00562. The molecular formula is C26H24ClN3O4S2. The molecule has 1 aliphatic heterocycles. The van der Waals surface area contributed by atoms with Gasteiger partial charge in [0.15, 0.2) is 5.78 Å². The van der Waals surface area contributed by atoms with Gasteiger partial charge in [-0.1, -0.05) is 60.6 Å². The molecule has 1 aliphatic carbocycles. The molecule has 0 spiro atoms. The molecule has 1 saturated carbocycles. The number of nitriles is 1. The minimum Gasteiger partial charge on any atom is -0.494 e. The Balaban J connectivity index is 1.48. The van der Waals surface area contributed by atoms with Gasteiger partial charge in [0.25, 0.3) is 11.5 Å². The molecule has 0 unspecified atom stereocenters. The van der Waals surface area contributed by atoms with Crippen LogP contribution in [0.4, 0.5) is 0 Å². The molecule has 2 aromatic rings. The number of thiocarbonyl (C=S) groups is 1. The lowest BCUT2D eigenvalue weighted by atomic mass is 9.98. The highest BCUT2D eigenvalue weighted by molar-refractivity contribution is 8.26. The summed E-state index contributed by atoms with van der Waals surface area (Å²) in [5.41, 5.74) is 0.349. The number of amides is 1. The number of rotatable bonds is 7. The van der Waals surface area contributed by atoms with Gasteiger partial charge < -0.3 is 5.11 Å². The van der Waals surface area contributed by atoms with Gasteiger partial charge in [-0.15, -0.1) is 0 Å². The summed E-state index contributed by atoms with van der Waals surface area (Å²) in [6, 6.07) is 8.78. The average molecular weight is 542 g/mol. The Kier molecular flexibility index (Phi) is 7.98. The summed E-state index contributed by atoms with van der Waals surface area (Å²) in [4.78, 5) is 40.8. The number of hydrogen-bond acceptors (Lipinski definition) is 7. The molecule has 2 heterocycles. The first-order valence-electron chi connectivity index (χ1n) is 11.6. The molecule has 0 bridgehead atoms. The van der Waals surface area contributed by atoms with Gasteiger partial charge in [0.1, 0.15) is 16.0 Å². The van der Waals surface area contributed by atoms with E-state index in [1.54, 1.807) is 18.2 Å². The number of thioether (sulfide) groups is 1. The molecular weight excluding hydrogens is 518 g/mol. The van der Waals surface area contributed by atoms with Crippen molar-refractivity contribution in [2.24, 2.45) is 0 Å². The molecule has 10 heteroatoms. The molecule has 186 valence electrons. The fourth-order valence-electron chi connectivity index (χ4n) is 4.68. The summed E-state index contributed by atoms with van der Waals surface area (Å²) in [6.45, 7) is 1.75. The quantitative estimate of drug-likeness (QED) is 0.285. The predicted octanol–water partition coefficient (Wildman–Crippen LogP) is 5.37.